The summed E-state index contributed by atoms with van der Waals surface area (Å²) in [5.74, 6) is -1.15. The van der Waals surface area contributed by atoms with E-state index in [1.54, 1.807) is 18.4 Å². The number of rotatable bonds is 5. The largest absolute Gasteiger partial charge is 0.490 e. The van der Waals surface area contributed by atoms with Crippen LogP contribution in [0, 0.1) is 17.3 Å². The van der Waals surface area contributed by atoms with Crippen molar-refractivity contribution in [3.8, 4) is 0 Å². The molecule has 1 aromatic rings. The SMILES string of the molecule is COCC1CN(C(=O)c2ccsc2)CC12CCN(CC1CCCC1)CC2.O=C(O)C(F)(F)F. The number of hydrogen-bond donors (Lipinski definition) is 1. The van der Waals surface area contributed by atoms with Gasteiger partial charge in [-0.05, 0) is 61.6 Å². The molecule has 1 atom stereocenters. The van der Waals surface area contributed by atoms with Crippen molar-refractivity contribution >= 4 is 23.2 Å². The van der Waals surface area contributed by atoms with Crippen LogP contribution >= 0.6 is 11.3 Å². The number of aliphatic carboxylic acids is 1. The molecule has 2 aliphatic heterocycles. The van der Waals surface area contributed by atoms with Crippen molar-refractivity contribution < 1.29 is 32.6 Å². The second-order valence-corrected chi connectivity index (χ2v) is 10.2. The highest BCUT2D eigenvalue weighted by atomic mass is 32.1. The molecule has 1 unspecified atom stereocenters. The molecular formula is C23H33F3N2O4S. The van der Waals surface area contributed by atoms with Crippen molar-refractivity contribution in [2.75, 3.05) is 46.4 Å². The standard InChI is InChI=1S/C21H32N2O2S.C2HF3O2/c1-25-14-19-13-23(20(24)18-6-11-26-15-18)16-21(19)7-9-22(10-8-21)12-17-4-2-3-5-17;3-2(4,5)1(6)7/h6,11,15,17,19H,2-5,7-10,12-14,16H2,1H3;(H,6,7). The predicted octanol–water partition coefficient (Wildman–Crippen LogP) is 4.37. The van der Waals surface area contributed by atoms with Crippen LogP contribution in [0.3, 0.4) is 0 Å². The number of amides is 1. The van der Waals surface area contributed by atoms with Gasteiger partial charge in [0.15, 0.2) is 0 Å². The third-order valence-electron chi connectivity index (χ3n) is 7.32. The monoisotopic (exact) mass is 490 g/mol. The van der Waals surface area contributed by atoms with Crippen LogP contribution in [0.25, 0.3) is 0 Å². The molecule has 1 aromatic heterocycles. The normalized spacial score (nSPS) is 23.5. The highest BCUT2D eigenvalue weighted by molar-refractivity contribution is 7.08. The number of likely N-dealkylation sites (tertiary alicyclic amines) is 2. The maximum Gasteiger partial charge on any atom is 0.490 e. The fraction of sp³-hybridized carbons (Fsp3) is 0.739. The molecule has 6 nitrogen and oxygen atoms in total. The second-order valence-electron chi connectivity index (χ2n) is 9.47. The second kappa shape index (κ2) is 11.2. The van der Waals surface area contributed by atoms with Crippen LogP contribution < -0.4 is 0 Å². The van der Waals surface area contributed by atoms with E-state index in [-0.39, 0.29) is 11.3 Å². The predicted molar refractivity (Wildman–Crippen MR) is 119 cm³/mol. The minimum atomic E-state index is -5.08. The van der Waals surface area contributed by atoms with E-state index in [4.69, 9.17) is 14.6 Å². The number of carbonyl (C=O) groups excluding carboxylic acids is 1. The molecule has 1 amide bonds. The lowest BCUT2D eigenvalue weighted by Crippen LogP contribution is -2.46. The molecule has 10 heteroatoms. The van der Waals surface area contributed by atoms with Gasteiger partial charge < -0.3 is 19.6 Å². The Morgan fingerprint density at radius 1 is 1.24 bits per heavy atom. The van der Waals surface area contributed by atoms with Crippen LogP contribution in [0.4, 0.5) is 13.2 Å². The zero-order valence-corrected chi connectivity index (χ0v) is 19.8. The molecule has 0 aromatic carbocycles. The van der Waals surface area contributed by atoms with Gasteiger partial charge in [0.05, 0.1) is 12.2 Å². The molecule has 1 spiro atoms. The topological polar surface area (TPSA) is 70.1 Å². The third kappa shape index (κ3) is 6.70. The number of methoxy groups -OCH3 is 1. The van der Waals surface area contributed by atoms with E-state index in [0.717, 1.165) is 31.2 Å². The zero-order valence-electron chi connectivity index (χ0n) is 19.0. The Bertz CT molecular complexity index is 773. The number of carbonyl (C=O) groups is 2. The van der Waals surface area contributed by atoms with Crippen LogP contribution in [0.5, 0.6) is 0 Å². The lowest BCUT2D eigenvalue weighted by Gasteiger charge is -2.43. The van der Waals surface area contributed by atoms with Crippen molar-refractivity contribution in [1.82, 2.24) is 9.80 Å². The van der Waals surface area contributed by atoms with Crippen molar-refractivity contribution in [3.63, 3.8) is 0 Å². The lowest BCUT2D eigenvalue weighted by atomic mass is 9.71. The van der Waals surface area contributed by atoms with E-state index < -0.39 is 12.1 Å². The molecule has 0 bridgehead atoms. The fourth-order valence-corrected chi connectivity index (χ4v) is 6.12. The Morgan fingerprint density at radius 3 is 2.39 bits per heavy atom. The molecule has 33 heavy (non-hydrogen) atoms. The van der Waals surface area contributed by atoms with Crippen LogP contribution in [0.2, 0.25) is 0 Å². The Balaban J connectivity index is 0.000000383. The average molecular weight is 491 g/mol. The first-order chi connectivity index (χ1) is 15.6. The van der Waals surface area contributed by atoms with Gasteiger partial charge in [-0.2, -0.15) is 24.5 Å². The van der Waals surface area contributed by atoms with Crippen molar-refractivity contribution in [2.45, 2.75) is 44.7 Å². The quantitative estimate of drug-likeness (QED) is 0.664. The first-order valence-electron chi connectivity index (χ1n) is 11.5. The number of thiophene rings is 1. The van der Waals surface area contributed by atoms with E-state index >= 15 is 0 Å². The van der Waals surface area contributed by atoms with E-state index in [1.165, 1.54) is 58.2 Å². The van der Waals surface area contributed by atoms with Gasteiger partial charge in [-0.25, -0.2) is 4.79 Å². The van der Waals surface area contributed by atoms with Crippen molar-refractivity contribution in [2.24, 2.45) is 17.3 Å². The molecule has 0 radical (unpaired) electrons. The number of carboxylic acids is 1. The lowest BCUT2D eigenvalue weighted by molar-refractivity contribution is -0.192. The molecule has 2 saturated heterocycles. The van der Waals surface area contributed by atoms with E-state index in [1.807, 2.05) is 16.8 Å². The highest BCUT2D eigenvalue weighted by Gasteiger charge is 2.49. The van der Waals surface area contributed by atoms with Gasteiger partial charge in [0, 0.05) is 38.0 Å². The number of halogens is 3. The van der Waals surface area contributed by atoms with Gasteiger partial charge in [0.2, 0.25) is 0 Å². The number of piperidine rings is 1. The van der Waals surface area contributed by atoms with Crippen molar-refractivity contribution in [3.05, 3.63) is 22.4 Å². The molecule has 3 aliphatic rings. The molecular weight excluding hydrogens is 457 g/mol. The van der Waals surface area contributed by atoms with E-state index in [9.17, 15) is 18.0 Å². The minimum Gasteiger partial charge on any atom is -0.475 e. The van der Waals surface area contributed by atoms with Gasteiger partial charge in [-0.1, -0.05) is 12.8 Å². The number of hydrogen-bond acceptors (Lipinski definition) is 5. The summed E-state index contributed by atoms with van der Waals surface area (Å²) in [5.41, 5.74) is 1.11. The van der Waals surface area contributed by atoms with Gasteiger partial charge >= 0.3 is 12.1 Å². The minimum absolute atomic E-state index is 0.206. The molecule has 186 valence electrons. The Hall–Kier alpha value is -1.65. The zero-order chi connectivity index (χ0) is 24.1. The van der Waals surface area contributed by atoms with Crippen LogP contribution in [0.1, 0.15) is 48.9 Å². The number of ether oxygens (including phenoxy) is 1. The molecule has 3 heterocycles. The summed E-state index contributed by atoms with van der Waals surface area (Å²) < 4.78 is 37.3. The summed E-state index contributed by atoms with van der Waals surface area (Å²) in [6.07, 6.45) is 3.05. The van der Waals surface area contributed by atoms with Crippen molar-refractivity contribution in [1.29, 1.82) is 0 Å². The summed E-state index contributed by atoms with van der Waals surface area (Å²) in [5, 5.41) is 11.1. The Labute approximate surface area is 196 Å². The summed E-state index contributed by atoms with van der Waals surface area (Å²) in [4.78, 5) is 26.5. The molecule has 3 fully saturated rings. The maximum absolute atomic E-state index is 12.9. The molecule has 4 rings (SSSR count). The molecule has 1 N–H and O–H groups in total. The van der Waals surface area contributed by atoms with Gasteiger partial charge in [0.25, 0.3) is 5.91 Å². The Kier molecular flexibility index (Phi) is 8.80. The molecule has 1 saturated carbocycles. The van der Waals surface area contributed by atoms with Gasteiger partial charge in [0.1, 0.15) is 0 Å². The number of carboxylic acid groups (broad SMARTS) is 1. The summed E-state index contributed by atoms with van der Waals surface area (Å²) >= 11 is 1.60. The van der Waals surface area contributed by atoms with E-state index in [0.29, 0.717) is 5.92 Å². The third-order valence-corrected chi connectivity index (χ3v) is 8.00. The summed E-state index contributed by atoms with van der Waals surface area (Å²) in [6.45, 7) is 6.21. The van der Waals surface area contributed by atoms with Crippen LogP contribution in [-0.2, 0) is 9.53 Å². The first kappa shape index (κ1) is 26.0. The van der Waals surface area contributed by atoms with Crippen LogP contribution in [-0.4, -0.2) is 79.4 Å². The number of nitrogens with zero attached hydrogens (tertiary/aromatic N) is 2. The van der Waals surface area contributed by atoms with E-state index in [2.05, 4.69) is 9.80 Å². The Morgan fingerprint density at radius 2 is 1.88 bits per heavy atom. The van der Waals surface area contributed by atoms with Gasteiger partial charge in [-0.15, -0.1) is 0 Å². The maximum atomic E-state index is 12.9. The van der Waals surface area contributed by atoms with Crippen LogP contribution in [0.15, 0.2) is 16.8 Å². The number of alkyl halides is 3. The summed E-state index contributed by atoms with van der Waals surface area (Å²) in [7, 11) is 1.80. The highest BCUT2D eigenvalue weighted by Crippen LogP contribution is 2.45. The smallest absolute Gasteiger partial charge is 0.475 e. The molecule has 1 aliphatic carbocycles. The first-order valence-corrected chi connectivity index (χ1v) is 12.4. The summed E-state index contributed by atoms with van der Waals surface area (Å²) in [6, 6.07) is 1.95. The van der Waals surface area contributed by atoms with Gasteiger partial charge in [-0.3, -0.25) is 4.79 Å². The average Bonchev–Trinajstić information content (AvgIpc) is 3.52. The fourth-order valence-electron chi connectivity index (χ4n) is 5.49.